The van der Waals surface area contributed by atoms with Crippen molar-refractivity contribution in [3.63, 3.8) is 0 Å². The number of unbranched alkanes of at least 4 members (excludes halogenated alkanes) is 7. The van der Waals surface area contributed by atoms with Crippen LogP contribution in [0.1, 0.15) is 90.9 Å². The van der Waals surface area contributed by atoms with Gasteiger partial charge in [0.25, 0.3) is 0 Å². The van der Waals surface area contributed by atoms with E-state index in [9.17, 15) is 9.59 Å². The average molecular weight is 408 g/mol. The van der Waals surface area contributed by atoms with Gasteiger partial charge in [0.05, 0.1) is 5.41 Å². The topological polar surface area (TPSA) is 77.8 Å². The largest absolute Gasteiger partial charge is 0.481 e. The third kappa shape index (κ3) is 10.6. The molecule has 0 aromatic rings. The fourth-order valence-electron chi connectivity index (χ4n) is 3.84. The Labute approximate surface area is 176 Å². The molecule has 166 valence electrons. The first-order valence-corrected chi connectivity index (χ1v) is 11.5. The molecular weight excluding hydrogens is 366 g/mol. The van der Waals surface area contributed by atoms with Crippen LogP contribution in [0.4, 0.5) is 0 Å². The highest BCUT2D eigenvalue weighted by Gasteiger charge is 2.34. The molecule has 0 amide bonds. The molecule has 5 nitrogen and oxygen atoms in total. The molecule has 1 unspecified atom stereocenters. The van der Waals surface area contributed by atoms with E-state index in [1.54, 1.807) is 0 Å². The quantitative estimate of drug-likeness (QED) is 0.432. The van der Waals surface area contributed by atoms with E-state index < -0.39 is 17.4 Å². The minimum Gasteiger partial charge on any atom is -0.481 e. The van der Waals surface area contributed by atoms with Crippen LogP contribution < -0.4 is 0 Å². The number of hydrogen-bond acceptors (Lipinski definition) is 3. The van der Waals surface area contributed by atoms with Crippen LogP contribution in [0.5, 0.6) is 0 Å². The lowest BCUT2D eigenvalue weighted by Gasteiger charge is -2.26. The first kappa shape index (κ1) is 25.4. The second-order valence-corrected chi connectivity index (χ2v) is 8.63. The number of hydrogen-bond donors (Lipinski definition) is 2. The zero-order chi connectivity index (χ0) is 21.5. The van der Waals surface area contributed by atoms with Crippen molar-refractivity contribution in [3.8, 4) is 0 Å². The Kier molecular flexibility index (Phi) is 12.6. The monoisotopic (exact) mass is 407 g/mol. The molecule has 0 spiro atoms. The molecule has 2 rings (SSSR count). The summed E-state index contributed by atoms with van der Waals surface area (Å²) in [5.41, 5.74) is -0.949. The van der Waals surface area contributed by atoms with Crippen LogP contribution in [0.25, 0.3) is 0 Å². The molecule has 0 aromatic carbocycles. The molecule has 2 N–H and O–H groups in total. The summed E-state index contributed by atoms with van der Waals surface area (Å²) < 4.78 is 0. The van der Waals surface area contributed by atoms with Gasteiger partial charge in [0, 0.05) is 5.57 Å². The Hall–Kier alpha value is -1.62. The number of carboxylic acid groups (broad SMARTS) is 2. The molecule has 0 bridgehead atoms. The molecule has 5 heteroatoms. The van der Waals surface area contributed by atoms with Gasteiger partial charge in [-0.1, -0.05) is 76.5 Å². The molecule has 0 aromatic heterocycles. The Morgan fingerprint density at radius 3 is 2.10 bits per heavy atom. The molecule has 1 saturated heterocycles. The van der Waals surface area contributed by atoms with Crippen molar-refractivity contribution in [1.29, 1.82) is 0 Å². The second kappa shape index (κ2) is 14.4. The Bertz CT molecular complexity index is 549. The summed E-state index contributed by atoms with van der Waals surface area (Å²) in [4.78, 5) is 24.0. The van der Waals surface area contributed by atoms with Crippen LogP contribution in [0, 0.1) is 5.41 Å². The molecular formula is C24H41NO4. The zero-order valence-electron chi connectivity index (χ0n) is 18.5. The third-order valence-electron chi connectivity index (χ3n) is 5.86. The van der Waals surface area contributed by atoms with Crippen LogP contribution in [0.15, 0.2) is 23.8 Å². The standard InChI is InChI=1S/C15H31N.C9H10O4/c1-2-3-4-5-6-7-8-10-13-16-14-11-9-12-15-16;1-9(8(12)13)4-2-3-6(5-9)7(10)11/h2-15H2,1H3;2-4H,5H2,1H3,(H,10,11)(H,12,13). The summed E-state index contributed by atoms with van der Waals surface area (Å²) in [6.45, 7) is 7.91. The fourth-order valence-corrected chi connectivity index (χ4v) is 3.84. The van der Waals surface area contributed by atoms with E-state index >= 15 is 0 Å². The molecule has 1 aliphatic carbocycles. The predicted molar refractivity (Wildman–Crippen MR) is 118 cm³/mol. The van der Waals surface area contributed by atoms with Crippen LogP contribution in [0.2, 0.25) is 0 Å². The van der Waals surface area contributed by atoms with Crippen molar-refractivity contribution in [3.05, 3.63) is 23.8 Å². The van der Waals surface area contributed by atoms with Gasteiger partial charge in [0.1, 0.15) is 0 Å². The summed E-state index contributed by atoms with van der Waals surface area (Å²) in [5, 5.41) is 17.5. The van der Waals surface area contributed by atoms with Crippen LogP contribution in [-0.2, 0) is 9.59 Å². The maximum Gasteiger partial charge on any atom is 0.331 e. The predicted octanol–water partition coefficient (Wildman–Crippen LogP) is 5.66. The number of carboxylic acids is 2. The van der Waals surface area contributed by atoms with Crippen LogP contribution in [0.3, 0.4) is 0 Å². The van der Waals surface area contributed by atoms with Gasteiger partial charge in [0.15, 0.2) is 0 Å². The van der Waals surface area contributed by atoms with E-state index in [0.717, 1.165) is 0 Å². The number of carbonyl (C=O) groups is 2. The van der Waals surface area contributed by atoms with Crippen molar-refractivity contribution in [1.82, 2.24) is 4.90 Å². The number of piperidine rings is 1. The second-order valence-electron chi connectivity index (χ2n) is 8.63. The Morgan fingerprint density at radius 1 is 0.966 bits per heavy atom. The van der Waals surface area contributed by atoms with Gasteiger partial charge in [-0.15, -0.1) is 0 Å². The Morgan fingerprint density at radius 2 is 1.55 bits per heavy atom. The minimum absolute atomic E-state index is 0.0359. The van der Waals surface area contributed by atoms with Gasteiger partial charge in [-0.2, -0.15) is 0 Å². The first-order valence-electron chi connectivity index (χ1n) is 11.5. The van der Waals surface area contributed by atoms with Gasteiger partial charge in [-0.25, -0.2) is 4.79 Å². The molecule has 0 saturated carbocycles. The van der Waals surface area contributed by atoms with E-state index in [4.69, 9.17) is 10.2 Å². The van der Waals surface area contributed by atoms with Crippen LogP contribution in [-0.4, -0.2) is 46.7 Å². The number of allylic oxidation sites excluding steroid dienone is 2. The molecule has 1 heterocycles. The lowest BCUT2D eigenvalue weighted by atomic mass is 9.80. The summed E-state index contributed by atoms with van der Waals surface area (Å²) in [7, 11) is 0. The van der Waals surface area contributed by atoms with Gasteiger partial charge >= 0.3 is 11.9 Å². The molecule has 29 heavy (non-hydrogen) atoms. The summed E-state index contributed by atoms with van der Waals surface area (Å²) in [5.74, 6) is -2.06. The smallest absolute Gasteiger partial charge is 0.331 e. The molecule has 2 aliphatic rings. The minimum atomic E-state index is -1.08. The van der Waals surface area contributed by atoms with Gasteiger partial charge in [-0.3, -0.25) is 4.79 Å². The van der Waals surface area contributed by atoms with Crippen molar-refractivity contribution >= 4 is 11.9 Å². The van der Waals surface area contributed by atoms with Gasteiger partial charge in [-0.05, 0) is 52.2 Å². The number of nitrogens with zero attached hydrogens (tertiary/aromatic N) is 1. The lowest BCUT2D eigenvalue weighted by Crippen LogP contribution is -2.30. The highest BCUT2D eigenvalue weighted by atomic mass is 16.4. The zero-order valence-corrected chi connectivity index (χ0v) is 18.5. The molecule has 1 fully saturated rings. The van der Waals surface area contributed by atoms with E-state index in [1.165, 1.54) is 115 Å². The maximum atomic E-state index is 10.8. The number of aliphatic carboxylic acids is 2. The average Bonchev–Trinajstić information content (AvgIpc) is 2.71. The van der Waals surface area contributed by atoms with Crippen molar-refractivity contribution < 1.29 is 19.8 Å². The third-order valence-corrected chi connectivity index (χ3v) is 5.86. The Balaban J connectivity index is 0.000000296. The SMILES string of the molecule is CC1(C(=O)O)C=CC=C(C(=O)O)C1.CCCCCCCCCCN1CCCCC1. The van der Waals surface area contributed by atoms with E-state index in [2.05, 4.69) is 11.8 Å². The van der Waals surface area contributed by atoms with Gasteiger partial charge < -0.3 is 15.1 Å². The molecule has 1 aliphatic heterocycles. The lowest BCUT2D eigenvalue weighted by molar-refractivity contribution is -0.145. The van der Waals surface area contributed by atoms with E-state index in [0.29, 0.717) is 0 Å². The summed E-state index contributed by atoms with van der Waals surface area (Å²) >= 11 is 0. The number of likely N-dealkylation sites (tertiary alicyclic amines) is 1. The number of rotatable bonds is 11. The van der Waals surface area contributed by atoms with Crippen LogP contribution >= 0.6 is 0 Å². The van der Waals surface area contributed by atoms with Crippen molar-refractivity contribution in [2.75, 3.05) is 19.6 Å². The van der Waals surface area contributed by atoms with Crippen molar-refractivity contribution in [2.24, 2.45) is 5.41 Å². The summed E-state index contributed by atoms with van der Waals surface area (Å²) in [6, 6.07) is 0. The first-order chi connectivity index (χ1) is 13.9. The van der Waals surface area contributed by atoms with Gasteiger partial charge in [0.2, 0.25) is 0 Å². The molecule has 1 atom stereocenters. The fraction of sp³-hybridized carbons (Fsp3) is 0.750. The van der Waals surface area contributed by atoms with E-state index in [1.807, 2.05) is 0 Å². The normalized spacial score (nSPS) is 21.8. The van der Waals surface area contributed by atoms with Crippen molar-refractivity contribution in [2.45, 2.75) is 90.9 Å². The summed E-state index contributed by atoms with van der Waals surface area (Å²) in [6.07, 6.45) is 20.4. The molecule has 0 radical (unpaired) electrons. The maximum absolute atomic E-state index is 10.8. The highest BCUT2D eigenvalue weighted by Crippen LogP contribution is 2.31. The highest BCUT2D eigenvalue weighted by molar-refractivity contribution is 5.90. The van der Waals surface area contributed by atoms with E-state index in [-0.39, 0.29) is 12.0 Å².